The molecule has 1 aromatic heterocycles. The van der Waals surface area contributed by atoms with Crippen LogP contribution in [0, 0.1) is 11.3 Å². The average molecular weight is 362 g/mol. The summed E-state index contributed by atoms with van der Waals surface area (Å²) in [6.07, 6.45) is 4.37. The zero-order chi connectivity index (χ0) is 18.5. The zero-order valence-electron chi connectivity index (χ0n) is 14.2. The van der Waals surface area contributed by atoms with Crippen LogP contribution in [-0.4, -0.2) is 17.6 Å². The number of hydrogen-bond acceptors (Lipinski definition) is 4. The zero-order valence-corrected chi connectivity index (χ0v) is 15.0. The van der Waals surface area contributed by atoms with Gasteiger partial charge in [-0.1, -0.05) is 36.9 Å². The third-order valence-electron chi connectivity index (χ3n) is 4.15. The fourth-order valence-electron chi connectivity index (χ4n) is 2.90. The lowest BCUT2D eigenvalue weighted by atomic mass is 9.90. The fourth-order valence-corrected chi connectivity index (χ4v) is 3.74. The van der Waals surface area contributed by atoms with Crippen LogP contribution in [0.3, 0.4) is 0 Å². The van der Waals surface area contributed by atoms with Crippen LogP contribution >= 0.6 is 11.3 Å². The molecule has 0 saturated heterocycles. The van der Waals surface area contributed by atoms with Crippen molar-refractivity contribution >= 4 is 28.4 Å². The summed E-state index contributed by atoms with van der Waals surface area (Å²) in [7, 11) is 0. The molecule has 0 bridgehead atoms. The molecule has 1 aliphatic heterocycles. The average Bonchev–Trinajstić information content (AvgIpc) is 3.13. The number of nitriles is 1. The van der Waals surface area contributed by atoms with E-state index in [1.54, 1.807) is 12.2 Å². The van der Waals surface area contributed by atoms with E-state index in [2.05, 4.69) is 18.0 Å². The Morgan fingerprint density at radius 1 is 1.35 bits per heavy atom. The van der Waals surface area contributed by atoms with E-state index in [9.17, 15) is 9.90 Å². The second-order valence-corrected chi connectivity index (χ2v) is 6.79. The molecule has 26 heavy (non-hydrogen) atoms. The number of rotatable bonds is 3. The highest BCUT2D eigenvalue weighted by Gasteiger charge is 2.21. The summed E-state index contributed by atoms with van der Waals surface area (Å²) in [5.41, 5.74) is 3.73. The van der Waals surface area contributed by atoms with Crippen molar-refractivity contribution in [3.8, 4) is 6.07 Å². The third-order valence-corrected chi connectivity index (χ3v) is 5.06. The summed E-state index contributed by atoms with van der Waals surface area (Å²) in [4.78, 5) is 12.9. The van der Waals surface area contributed by atoms with Crippen LogP contribution < -0.4 is 5.32 Å². The van der Waals surface area contributed by atoms with Crippen molar-refractivity contribution in [3.05, 3.63) is 81.8 Å². The van der Waals surface area contributed by atoms with Gasteiger partial charge in [0.2, 0.25) is 0 Å². The van der Waals surface area contributed by atoms with Gasteiger partial charge in [-0.15, -0.1) is 11.3 Å². The topological polar surface area (TPSA) is 73.1 Å². The number of carbonyl (C=O) groups is 1. The highest BCUT2D eigenvalue weighted by molar-refractivity contribution is 7.12. The molecule has 5 heteroatoms. The first-order valence-electron chi connectivity index (χ1n) is 8.23. The summed E-state index contributed by atoms with van der Waals surface area (Å²) in [6.45, 7) is 4.49. The molecule has 0 atom stereocenters. The maximum atomic E-state index is 12.3. The third kappa shape index (κ3) is 3.61. The van der Waals surface area contributed by atoms with Crippen LogP contribution in [0.5, 0.6) is 0 Å². The van der Waals surface area contributed by atoms with Gasteiger partial charge in [-0.25, -0.2) is 0 Å². The molecule has 0 unspecified atom stereocenters. The van der Waals surface area contributed by atoms with E-state index in [0.29, 0.717) is 41.0 Å². The molecule has 2 heterocycles. The minimum Gasteiger partial charge on any atom is -0.507 e. The lowest BCUT2D eigenvalue weighted by Gasteiger charge is -2.16. The Morgan fingerprint density at radius 3 is 3.00 bits per heavy atom. The summed E-state index contributed by atoms with van der Waals surface area (Å²) in [5, 5.41) is 24.1. The predicted molar refractivity (Wildman–Crippen MR) is 105 cm³/mol. The molecule has 0 radical (unpaired) electrons. The summed E-state index contributed by atoms with van der Waals surface area (Å²) in [6, 6.07) is 11.7. The molecular formula is C21H18N2O2S. The molecule has 2 N–H and O–H groups in total. The van der Waals surface area contributed by atoms with Gasteiger partial charge in [0.15, 0.2) is 0 Å². The minimum absolute atomic E-state index is 0.0979. The quantitative estimate of drug-likeness (QED) is 0.845. The first-order valence-corrected chi connectivity index (χ1v) is 9.11. The number of aliphatic hydroxyl groups is 1. The van der Waals surface area contributed by atoms with Crippen LogP contribution in [0.15, 0.2) is 60.2 Å². The van der Waals surface area contributed by atoms with Crippen molar-refractivity contribution in [1.29, 1.82) is 5.26 Å². The fraction of sp³-hybridized carbons (Fsp3) is 0.143. The van der Waals surface area contributed by atoms with Crippen molar-refractivity contribution in [3.63, 3.8) is 0 Å². The Morgan fingerprint density at radius 2 is 2.19 bits per heavy atom. The number of aliphatic hydroxyl groups excluding tert-OH is 1. The van der Waals surface area contributed by atoms with Gasteiger partial charge < -0.3 is 10.4 Å². The Bertz CT molecular complexity index is 960. The van der Waals surface area contributed by atoms with Crippen LogP contribution in [0.25, 0.3) is 11.1 Å². The highest BCUT2D eigenvalue weighted by atomic mass is 32.1. The van der Waals surface area contributed by atoms with Gasteiger partial charge in [-0.2, -0.15) is 5.26 Å². The van der Waals surface area contributed by atoms with E-state index in [1.807, 2.05) is 35.7 Å². The van der Waals surface area contributed by atoms with Crippen molar-refractivity contribution in [2.75, 3.05) is 6.54 Å². The smallest absolute Gasteiger partial charge is 0.262 e. The van der Waals surface area contributed by atoms with Crippen LogP contribution in [-0.2, 0) is 6.42 Å². The van der Waals surface area contributed by atoms with Gasteiger partial charge in [-0.3, -0.25) is 4.79 Å². The van der Waals surface area contributed by atoms with Crippen molar-refractivity contribution in [2.24, 2.45) is 0 Å². The normalized spacial score (nSPS) is 18.6. The van der Waals surface area contributed by atoms with Crippen LogP contribution in [0.4, 0.5) is 0 Å². The first kappa shape index (κ1) is 17.7. The van der Waals surface area contributed by atoms with Gasteiger partial charge in [0, 0.05) is 24.1 Å². The molecule has 1 aromatic carbocycles. The number of nitrogens with one attached hydrogen (secondary N) is 1. The number of hydrogen-bond donors (Lipinski definition) is 2. The predicted octanol–water partition coefficient (Wildman–Crippen LogP) is 4.49. The van der Waals surface area contributed by atoms with Gasteiger partial charge in [0.25, 0.3) is 5.91 Å². The first-order chi connectivity index (χ1) is 12.6. The van der Waals surface area contributed by atoms with Gasteiger partial charge >= 0.3 is 0 Å². The SMILES string of the molecule is C=C1/C(c2cccc(CCC#N)c2)=C(O)\C=C/CNC(=O)c2sccc21. The van der Waals surface area contributed by atoms with Crippen LogP contribution in [0.2, 0.25) is 0 Å². The van der Waals surface area contributed by atoms with E-state index in [0.717, 1.165) is 11.1 Å². The van der Waals surface area contributed by atoms with Gasteiger partial charge in [-0.05, 0) is 40.6 Å². The van der Waals surface area contributed by atoms with E-state index in [-0.39, 0.29) is 11.7 Å². The number of aryl methyl sites for hydroxylation is 1. The number of benzene rings is 1. The molecule has 0 saturated carbocycles. The molecular weight excluding hydrogens is 344 g/mol. The van der Waals surface area contributed by atoms with Crippen molar-refractivity contribution in [1.82, 2.24) is 5.32 Å². The van der Waals surface area contributed by atoms with Crippen molar-refractivity contribution < 1.29 is 9.90 Å². The summed E-state index contributed by atoms with van der Waals surface area (Å²) >= 11 is 1.35. The highest BCUT2D eigenvalue weighted by Crippen LogP contribution is 2.36. The van der Waals surface area contributed by atoms with E-state index >= 15 is 0 Å². The lowest BCUT2D eigenvalue weighted by Crippen LogP contribution is -2.23. The largest absolute Gasteiger partial charge is 0.507 e. The maximum Gasteiger partial charge on any atom is 0.262 e. The maximum absolute atomic E-state index is 12.3. The minimum atomic E-state index is -0.149. The lowest BCUT2D eigenvalue weighted by molar-refractivity contribution is 0.0961. The van der Waals surface area contributed by atoms with Gasteiger partial charge in [0.1, 0.15) is 5.76 Å². The number of fused-ring (bicyclic) bond motifs is 1. The molecule has 4 nitrogen and oxygen atoms in total. The van der Waals surface area contributed by atoms with Gasteiger partial charge in [0.05, 0.1) is 10.9 Å². The molecule has 130 valence electrons. The Labute approximate surface area is 156 Å². The molecule has 1 aliphatic rings. The molecule has 3 rings (SSSR count). The summed E-state index contributed by atoms with van der Waals surface area (Å²) in [5.74, 6) is -0.0509. The second-order valence-electron chi connectivity index (χ2n) is 5.87. The molecule has 0 aliphatic carbocycles. The number of allylic oxidation sites excluding steroid dienone is 3. The van der Waals surface area contributed by atoms with Crippen LogP contribution in [0.1, 0.15) is 32.8 Å². The van der Waals surface area contributed by atoms with E-state index in [1.165, 1.54) is 11.3 Å². The van der Waals surface area contributed by atoms with E-state index in [4.69, 9.17) is 5.26 Å². The Hall–Kier alpha value is -3.10. The Balaban J connectivity index is 2.12. The van der Waals surface area contributed by atoms with Crippen molar-refractivity contribution in [2.45, 2.75) is 12.8 Å². The Kier molecular flexibility index (Phi) is 5.35. The second kappa shape index (κ2) is 7.85. The molecule has 2 aromatic rings. The molecule has 0 spiro atoms. The monoisotopic (exact) mass is 362 g/mol. The standard InChI is InChI=1S/C21H18N2O2S/c1-14-17-9-12-26-20(17)21(25)23-11-4-8-18(24)19(14)16-7-2-5-15(13-16)6-3-10-22/h2,4-5,7-9,12-13,24H,1,3,6,11H2,(H,23,25)/b8-4-,19-18-. The molecule has 1 amide bonds. The number of amides is 1. The number of carbonyl (C=O) groups excluding carboxylic acids is 1. The van der Waals surface area contributed by atoms with E-state index < -0.39 is 0 Å². The number of nitrogens with zero attached hydrogens (tertiary/aromatic N) is 1. The number of thiophene rings is 1. The molecule has 0 fully saturated rings. The summed E-state index contributed by atoms with van der Waals surface area (Å²) < 4.78 is 0.